The molecule has 0 bridgehead atoms. The van der Waals surface area contributed by atoms with Gasteiger partial charge in [-0.1, -0.05) is 13.0 Å². The van der Waals surface area contributed by atoms with Crippen molar-refractivity contribution in [3.05, 3.63) is 63.9 Å². The quantitative estimate of drug-likeness (QED) is 0.923. The molecule has 0 spiro atoms. The molecule has 0 aliphatic rings. The minimum Gasteiger partial charge on any atom is -0.305 e. The Kier molecular flexibility index (Phi) is 4.61. The number of nitrogens with one attached hydrogen (secondary N) is 1. The summed E-state index contributed by atoms with van der Waals surface area (Å²) in [7, 11) is 0. The smallest absolute Gasteiger partial charge is 0.131 e. The van der Waals surface area contributed by atoms with Crippen LogP contribution in [0.5, 0.6) is 0 Å². The van der Waals surface area contributed by atoms with Crippen LogP contribution in [0.3, 0.4) is 0 Å². The first-order chi connectivity index (χ1) is 9.15. The maximum Gasteiger partial charge on any atom is 0.131 e. The van der Waals surface area contributed by atoms with E-state index in [1.807, 2.05) is 6.92 Å². The molecular weight excluding hydrogens is 314 g/mol. The average Bonchev–Trinajstić information content (AvgIpc) is 2.38. The van der Waals surface area contributed by atoms with Crippen LogP contribution in [0.4, 0.5) is 8.78 Å². The van der Waals surface area contributed by atoms with E-state index in [9.17, 15) is 8.78 Å². The molecule has 5 heteroatoms. The largest absolute Gasteiger partial charge is 0.305 e. The maximum atomic E-state index is 13.9. The molecule has 0 saturated carbocycles. The molecular formula is C14H13BrF2N2. The molecule has 100 valence electrons. The molecule has 2 rings (SSSR count). The van der Waals surface area contributed by atoms with E-state index < -0.39 is 17.7 Å². The number of halogens is 3. The van der Waals surface area contributed by atoms with Crippen LogP contribution in [0.25, 0.3) is 0 Å². The molecule has 0 fully saturated rings. The second kappa shape index (κ2) is 6.21. The molecule has 0 aliphatic heterocycles. The summed E-state index contributed by atoms with van der Waals surface area (Å²) in [6, 6.07) is 6.78. The Bertz CT molecular complexity index is 555. The van der Waals surface area contributed by atoms with Crippen molar-refractivity contribution in [1.82, 2.24) is 10.3 Å². The van der Waals surface area contributed by atoms with Crippen molar-refractivity contribution in [2.45, 2.75) is 13.0 Å². The zero-order chi connectivity index (χ0) is 13.8. The van der Waals surface area contributed by atoms with Crippen LogP contribution >= 0.6 is 15.9 Å². The lowest BCUT2D eigenvalue weighted by Gasteiger charge is -2.20. The molecule has 19 heavy (non-hydrogen) atoms. The van der Waals surface area contributed by atoms with Gasteiger partial charge < -0.3 is 5.32 Å². The van der Waals surface area contributed by atoms with Gasteiger partial charge in [0.05, 0.1) is 11.7 Å². The second-order valence-corrected chi connectivity index (χ2v) is 4.85. The van der Waals surface area contributed by atoms with Gasteiger partial charge >= 0.3 is 0 Å². The Hall–Kier alpha value is -1.33. The van der Waals surface area contributed by atoms with Crippen LogP contribution in [-0.4, -0.2) is 11.5 Å². The highest BCUT2D eigenvalue weighted by Gasteiger charge is 2.23. The van der Waals surface area contributed by atoms with E-state index in [0.29, 0.717) is 16.7 Å². The van der Waals surface area contributed by atoms with Crippen molar-refractivity contribution in [3.8, 4) is 0 Å². The normalized spacial score (nSPS) is 12.4. The average molecular weight is 327 g/mol. The third-order valence-corrected chi connectivity index (χ3v) is 3.43. The highest BCUT2D eigenvalue weighted by Crippen LogP contribution is 2.29. The van der Waals surface area contributed by atoms with Crippen LogP contribution in [-0.2, 0) is 0 Å². The van der Waals surface area contributed by atoms with E-state index in [1.165, 1.54) is 18.2 Å². The van der Waals surface area contributed by atoms with Crippen molar-refractivity contribution in [3.63, 3.8) is 0 Å². The van der Waals surface area contributed by atoms with Crippen molar-refractivity contribution in [1.29, 1.82) is 0 Å². The number of nitrogens with zero attached hydrogens (tertiary/aromatic N) is 1. The summed E-state index contributed by atoms with van der Waals surface area (Å²) in [4.78, 5) is 4.21. The summed E-state index contributed by atoms with van der Waals surface area (Å²) in [5.74, 6) is -1.16. The van der Waals surface area contributed by atoms with Gasteiger partial charge in [0.15, 0.2) is 0 Å². The second-order valence-electron chi connectivity index (χ2n) is 4.00. The molecule has 2 aromatic rings. The highest BCUT2D eigenvalue weighted by atomic mass is 79.9. The molecule has 1 N–H and O–H groups in total. The summed E-state index contributed by atoms with van der Waals surface area (Å²) in [5, 5.41) is 3.07. The fourth-order valence-corrected chi connectivity index (χ4v) is 2.42. The molecule has 0 amide bonds. The fraction of sp³-hybridized carbons (Fsp3) is 0.214. The van der Waals surface area contributed by atoms with Crippen molar-refractivity contribution in [2.75, 3.05) is 6.54 Å². The van der Waals surface area contributed by atoms with Gasteiger partial charge in [-0.15, -0.1) is 0 Å². The van der Waals surface area contributed by atoms with Crippen molar-refractivity contribution < 1.29 is 8.78 Å². The lowest BCUT2D eigenvalue weighted by atomic mass is 10.0. The minimum atomic E-state index is -0.623. The zero-order valence-electron chi connectivity index (χ0n) is 10.3. The Morgan fingerprint density at radius 1 is 1.21 bits per heavy atom. The topological polar surface area (TPSA) is 24.9 Å². The molecule has 1 aromatic carbocycles. The van der Waals surface area contributed by atoms with Crippen LogP contribution in [0.15, 0.2) is 41.0 Å². The predicted molar refractivity (Wildman–Crippen MR) is 73.8 cm³/mol. The van der Waals surface area contributed by atoms with Gasteiger partial charge in [0, 0.05) is 16.2 Å². The number of hydrogen-bond acceptors (Lipinski definition) is 2. The van der Waals surface area contributed by atoms with E-state index in [-0.39, 0.29) is 5.56 Å². The number of hydrogen-bond donors (Lipinski definition) is 1. The molecule has 2 nitrogen and oxygen atoms in total. The summed E-state index contributed by atoms with van der Waals surface area (Å²) >= 11 is 3.37. The lowest BCUT2D eigenvalue weighted by Crippen LogP contribution is -2.25. The Morgan fingerprint density at radius 2 is 1.89 bits per heavy atom. The molecule has 1 unspecified atom stereocenters. The Balaban J connectivity index is 2.55. The first kappa shape index (κ1) is 14.1. The van der Waals surface area contributed by atoms with Crippen molar-refractivity contribution in [2.24, 2.45) is 0 Å². The van der Waals surface area contributed by atoms with Gasteiger partial charge in [0.1, 0.15) is 11.6 Å². The Morgan fingerprint density at radius 3 is 2.47 bits per heavy atom. The summed E-state index contributed by atoms with van der Waals surface area (Å²) in [5.41, 5.74) is 0.553. The van der Waals surface area contributed by atoms with Gasteiger partial charge in [0.25, 0.3) is 0 Å². The van der Waals surface area contributed by atoms with Gasteiger partial charge in [-0.25, -0.2) is 8.78 Å². The SMILES string of the molecule is CCNC(c1ncccc1Br)c1c(F)cccc1F. The summed E-state index contributed by atoms with van der Waals surface area (Å²) in [6.45, 7) is 2.45. The van der Waals surface area contributed by atoms with E-state index in [1.54, 1.807) is 18.3 Å². The summed E-state index contributed by atoms with van der Waals surface area (Å²) in [6.07, 6.45) is 1.60. The molecule has 0 aliphatic carbocycles. The maximum absolute atomic E-state index is 13.9. The van der Waals surface area contributed by atoms with Crippen molar-refractivity contribution >= 4 is 15.9 Å². The summed E-state index contributed by atoms with van der Waals surface area (Å²) < 4.78 is 28.5. The van der Waals surface area contributed by atoms with Gasteiger partial charge in [-0.3, -0.25) is 4.98 Å². The molecule has 1 aromatic heterocycles. The first-order valence-corrected chi connectivity index (χ1v) is 6.72. The monoisotopic (exact) mass is 326 g/mol. The van der Waals surface area contributed by atoms with E-state index >= 15 is 0 Å². The number of pyridine rings is 1. The molecule has 0 radical (unpaired) electrons. The van der Waals surface area contributed by atoms with E-state index in [0.717, 1.165) is 0 Å². The highest BCUT2D eigenvalue weighted by molar-refractivity contribution is 9.10. The van der Waals surface area contributed by atoms with Crippen LogP contribution in [0, 0.1) is 11.6 Å². The van der Waals surface area contributed by atoms with E-state index in [2.05, 4.69) is 26.2 Å². The fourth-order valence-electron chi connectivity index (χ4n) is 1.94. The van der Waals surface area contributed by atoms with Gasteiger partial charge in [-0.05, 0) is 46.7 Å². The molecule has 1 atom stereocenters. The van der Waals surface area contributed by atoms with Gasteiger partial charge in [0.2, 0.25) is 0 Å². The first-order valence-electron chi connectivity index (χ1n) is 5.92. The molecule has 1 heterocycles. The lowest BCUT2D eigenvalue weighted by molar-refractivity contribution is 0.504. The minimum absolute atomic E-state index is 0.0104. The van der Waals surface area contributed by atoms with Crippen LogP contribution in [0.2, 0.25) is 0 Å². The van der Waals surface area contributed by atoms with Crippen LogP contribution < -0.4 is 5.32 Å². The number of aromatic nitrogens is 1. The van der Waals surface area contributed by atoms with E-state index in [4.69, 9.17) is 0 Å². The third kappa shape index (κ3) is 2.98. The molecule has 0 saturated heterocycles. The predicted octanol–water partition coefficient (Wildman–Crippen LogP) is 3.82. The Labute approximate surface area is 119 Å². The van der Waals surface area contributed by atoms with Crippen LogP contribution in [0.1, 0.15) is 24.2 Å². The third-order valence-electron chi connectivity index (χ3n) is 2.76. The number of benzene rings is 1. The number of rotatable bonds is 4. The van der Waals surface area contributed by atoms with Gasteiger partial charge in [-0.2, -0.15) is 0 Å². The zero-order valence-corrected chi connectivity index (χ0v) is 11.9. The standard InChI is InChI=1S/C14H13BrF2N2/c1-2-18-14(13-9(15)5-4-8-19-13)12-10(16)6-3-7-11(12)17/h3-8,14,18H,2H2,1H3.